The van der Waals surface area contributed by atoms with Crippen LogP contribution in [0.3, 0.4) is 0 Å². The van der Waals surface area contributed by atoms with Crippen LogP contribution in [0.5, 0.6) is 5.75 Å². The van der Waals surface area contributed by atoms with Crippen LogP contribution in [0, 0.1) is 11.8 Å². The van der Waals surface area contributed by atoms with Crippen LogP contribution in [0.1, 0.15) is 39.3 Å². The molecular formula is C14H23NO. The molecule has 0 aromatic heterocycles. The van der Waals surface area contributed by atoms with E-state index in [1.807, 2.05) is 12.1 Å². The maximum atomic E-state index is 9.21. The van der Waals surface area contributed by atoms with Crippen molar-refractivity contribution in [2.45, 2.75) is 33.7 Å². The summed E-state index contributed by atoms with van der Waals surface area (Å²) in [6, 6.07) is 7.74. The van der Waals surface area contributed by atoms with Gasteiger partial charge in [-0.2, -0.15) is 0 Å². The monoisotopic (exact) mass is 221 g/mol. The fraction of sp³-hybridized carbons (Fsp3) is 0.571. The van der Waals surface area contributed by atoms with Crippen LogP contribution in [0.4, 0.5) is 0 Å². The summed E-state index contributed by atoms with van der Waals surface area (Å²) in [5, 5.41) is 12.7. The molecule has 0 aliphatic heterocycles. The zero-order valence-electron chi connectivity index (χ0n) is 10.7. The molecule has 16 heavy (non-hydrogen) atoms. The normalized spacial score (nSPS) is 15.1. The highest BCUT2D eigenvalue weighted by molar-refractivity contribution is 5.27. The van der Waals surface area contributed by atoms with Crippen molar-refractivity contribution in [1.82, 2.24) is 5.32 Å². The van der Waals surface area contributed by atoms with Crippen molar-refractivity contribution in [3.8, 4) is 5.75 Å². The van der Waals surface area contributed by atoms with Crippen LogP contribution < -0.4 is 5.32 Å². The van der Waals surface area contributed by atoms with Crippen LogP contribution in [-0.4, -0.2) is 11.7 Å². The van der Waals surface area contributed by atoms with Crippen molar-refractivity contribution in [1.29, 1.82) is 0 Å². The Kier molecular flexibility index (Phi) is 4.81. The molecule has 0 amide bonds. The van der Waals surface area contributed by atoms with Crippen LogP contribution in [0.15, 0.2) is 24.3 Å². The van der Waals surface area contributed by atoms with Crippen molar-refractivity contribution < 1.29 is 5.11 Å². The number of nitrogens with one attached hydrogen (secondary N) is 1. The molecule has 0 radical (unpaired) electrons. The Morgan fingerprint density at radius 3 is 2.12 bits per heavy atom. The second-order valence-corrected chi connectivity index (χ2v) is 4.94. The Labute approximate surface area is 98.7 Å². The molecule has 1 aromatic carbocycles. The molecule has 2 heteroatoms. The molecule has 0 aliphatic rings. The second-order valence-electron chi connectivity index (χ2n) is 4.94. The van der Waals surface area contributed by atoms with Gasteiger partial charge in [-0.15, -0.1) is 0 Å². The Hall–Kier alpha value is -1.02. The molecule has 0 saturated carbocycles. The average Bonchev–Trinajstić information content (AvgIpc) is 2.26. The smallest absolute Gasteiger partial charge is 0.115 e. The van der Waals surface area contributed by atoms with Crippen molar-refractivity contribution in [3.05, 3.63) is 29.8 Å². The average molecular weight is 221 g/mol. The first-order chi connectivity index (χ1) is 7.50. The van der Waals surface area contributed by atoms with E-state index in [4.69, 9.17) is 0 Å². The number of hydrogen-bond acceptors (Lipinski definition) is 2. The molecule has 0 spiro atoms. The third-order valence-electron chi connectivity index (χ3n) is 3.28. The standard InChI is InChI=1S/C14H23NO/c1-10(2)11(3)9-15-12(4)13-5-7-14(16)8-6-13/h5-8,10-12,15-16H,9H2,1-4H3. The van der Waals surface area contributed by atoms with Crippen LogP contribution in [0.25, 0.3) is 0 Å². The van der Waals surface area contributed by atoms with E-state index in [9.17, 15) is 5.11 Å². The minimum Gasteiger partial charge on any atom is -0.508 e. The first-order valence-electron chi connectivity index (χ1n) is 6.03. The Balaban J connectivity index is 2.46. The lowest BCUT2D eigenvalue weighted by Crippen LogP contribution is -2.26. The van der Waals surface area contributed by atoms with E-state index in [2.05, 4.69) is 33.0 Å². The van der Waals surface area contributed by atoms with Gasteiger partial charge in [0.05, 0.1) is 0 Å². The highest BCUT2D eigenvalue weighted by atomic mass is 16.3. The minimum atomic E-state index is 0.325. The largest absolute Gasteiger partial charge is 0.508 e. The summed E-state index contributed by atoms with van der Waals surface area (Å²) >= 11 is 0. The Bertz CT molecular complexity index is 305. The van der Waals surface area contributed by atoms with Crippen LogP contribution >= 0.6 is 0 Å². The van der Waals surface area contributed by atoms with E-state index in [0.717, 1.165) is 6.54 Å². The molecule has 1 rings (SSSR count). The minimum absolute atomic E-state index is 0.325. The van der Waals surface area contributed by atoms with Crippen molar-refractivity contribution in [2.75, 3.05) is 6.54 Å². The molecule has 2 atom stereocenters. The van der Waals surface area contributed by atoms with Gasteiger partial charge in [-0.1, -0.05) is 32.9 Å². The summed E-state index contributed by atoms with van der Waals surface area (Å²) in [5.41, 5.74) is 1.22. The summed E-state index contributed by atoms with van der Waals surface area (Å²) < 4.78 is 0. The number of phenolic OH excluding ortho intramolecular Hbond substituents is 1. The number of rotatable bonds is 5. The van der Waals surface area contributed by atoms with Gasteiger partial charge in [0.25, 0.3) is 0 Å². The lowest BCUT2D eigenvalue weighted by Gasteiger charge is -2.20. The molecule has 0 bridgehead atoms. The molecule has 90 valence electrons. The number of benzene rings is 1. The molecule has 0 heterocycles. The van der Waals surface area contributed by atoms with Gasteiger partial charge in [-0.25, -0.2) is 0 Å². The first-order valence-corrected chi connectivity index (χ1v) is 6.03. The predicted octanol–water partition coefficient (Wildman–Crippen LogP) is 3.33. The maximum absolute atomic E-state index is 9.21. The van der Waals surface area contributed by atoms with E-state index in [1.165, 1.54) is 5.56 Å². The zero-order chi connectivity index (χ0) is 12.1. The fourth-order valence-corrected chi connectivity index (χ4v) is 1.48. The quantitative estimate of drug-likeness (QED) is 0.799. The van der Waals surface area contributed by atoms with E-state index in [0.29, 0.717) is 23.6 Å². The molecule has 2 unspecified atom stereocenters. The molecule has 1 aromatic rings. The van der Waals surface area contributed by atoms with E-state index >= 15 is 0 Å². The van der Waals surface area contributed by atoms with Gasteiger partial charge in [-0.3, -0.25) is 0 Å². The Morgan fingerprint density at radius 1 is 1.06 bits per heavy atom. The van der Waals surface area contributed by atoms with Crippen LogP contribution in [0.2, 0.25) is 0 Å². The fourth-order valence-electron chi connectivity index (χ4n) is 1.48. The molecular weight excluding hydrogens is 198 g/mol. The molecule has 2 N–H and O–H groups in total. The summed E-state index contributed by atoms with van der Waals surface area (Å²) in [5.74, 6) is 1.71. The number of phenols is 1. The predicted molar refractivity (Wildman–Crippen MR) is 68.5 cm³/mol. The summed E-state index contributed by atoms with van der Waals surface area (Å²) in [6.07, 6.45) is 0. The van der Waals surface area contributed by atoms with E-state index in [-0.39, 0.29) is 0 Å². The van der Waals surface area contributed by atoms with E-state index < -0.39 is 0 Å². The van der Waals surface area contributed by atoms with Gasteiger partial charge in [0, 0.05) is 6.04 Å². The molecule has 2 nitrogen and oxygen atoms in total. The Morgan fingerprint density at radius 2 is 1.62 bits per heavy atom. The lowest BCUT2D eigenvalue weighted by atomic mass is 9.97. The van der Waals surface area contributed by atoms with Gasteiger partial charge < -0.3 is 10.4 Å². The topological polar surface area (TPSA) is 32.3 Å². The third-order valence-corrected chi connectivity index (χ3v) is 3.28. The molecule has 0 aliphatic carbocycles. The van der Waals surface area contributed by atoms with Gasteiger partial charge in [0.15, 0.2) is 0 Å². The molecule has 0 fully saturated rings. The van der Waals surface area contributed by atoms with Crippen molar-refractivity contribution >= 4 is 0 Å². The second kappa shape index (κ2) is 5.90. The summed E-state index contributed by atoms with van der Waals surface area (Å²) in [7, 11) is 0. The summed E-state index contributed by atoms with van der Waals surface area (Å²) in [6.45, 7) is 9.94. The first kappa shape index (κ1) is 13.0. The SMILES string of the molecule is CC(NCC(C)C(C)C)c1ccc(O)cc1. The highest BCUT2D eigenvalue weighted by Crippen LogP contribution is 2.17. The van der Waals surface area contributed by atoms with Gasteiger partial charge in [0.2, 0.25) is 0 Å². The number of aromatic hydroxyl groups is 1. The van der Waals surface area contributed by atoms with Crippen molar-refractivity contribution in [3.63, 3.8) is 0 Å². The zero-order valence-corrected chi connectivity index (χ0v) is 10.7. The van der Waals surface area contributed by atoms with Gasteiger partial charge in [0.1, 0.15) is 5.75 Å². The highest BCUT2D eigenvalue weighted by Gasteiger charge is 2.09. The molecule has 0 saturated heterocycles. The van der Waals surface area contributed by atoms with E-state index in [1.54, 1.807) is 12.1 Å². The third kappa shape index (κ3) is 3.86. The van der Waals surface area contributed by atoms with Gasteiger partial charge >= 0.3 is 0 Å². The van der Waals surface area contributed by atoms with Crippen LogP contribution in [-0.2, 0) is 0 Å². The van der Waals surface area contributed by atoms with Crippen molar-refractivity contribution in [2.24, 2.45) is 11.8 Å². The van der Waals surface area contributed by atoms with Gasteiger partial charge in [-0.05, 0) is 43.0 Å². The maximum Gasteiger partial charge on any atom is 0.115 e. The summed E-state index contributed by atoms with van der Waals surface area (Å²) in [4.78, 5) is 0. The number of hydrogen-bond donors (Lipinski definition) is 2. The lowest BCUT2D eigenvalue weighted by molar-refractivity contribution is 0.375.